The lowest BCUT2D eigenvalue weighted by atomic mass is 9.75. The van der Waals surface area contributed by atoms with Gasteiger partial charge in [0.05, 0.1) is 19.3 Å². The molecule has 1 fully saturated rings. The Labute approximate surface area is 147 Å². The summed E-state index contributed by atoms with van der Waals surface area (Å²) in [5, 5.41) is 16.9. The lowest BCUT2D eigenvalue weighted by molar-refractivity contribution is -0.123. The third kappa shape index (κ3) is 4.17. The van der Waals surface area contributed by atoms with Gasteiger partial charge in [-0.3, -0.25) is 9.48 Å². The van der Waals surface area contributed by atoms with Crippen molar-refractivity contribution in [3.8, 4) is 5.88 Å². The number of aryl methyl sites for hydroxylation is 2. The fourth-order valence-corrected chi connectivity index (χ4v) is 3.16. The van der Waals surface area contributed by atoms with Gasteiger partial charge in [0.25, 0.3) is 0 Å². The number of nitrogens with zero attached hydrogens (tertiary/aromatic N) is 3. The highest BCUT2D eigenvalue weighted by Crippen LogP contribution is 2.38. The molecule has 2 aromatic heterocycles. The van der Waals surface area contributed by atoms with Crippen LogP contribution in [0.15, 0.2) is 30.6 Å². The number of pyridine rings is 1. The Morgan fingerprint density at radius 1 is 1.44 bits per heavy atom. The van der Waals surface area contributed by atoms with E-state index in [4.69, 9.17) is 4.74 Å². The van der Waals surface area contributed by atoms with Gasteiger partial charge < -0.3 is 15.2 Å². The minimum Gasteiger partial charge on any atom is -0.481 e. The van der Waals surface area contributed by atoms with Gasteiger partial charge in [-0.25, -0.2) is 4.98 Å². The fraction of sp³-hybridized carbons (Fsp3) is 0.500. The van der Waals surface area contributed by atoms with Crippen LogP contribution in [0.2, 0.25) is 0 Å². The van der Waals surface area contributed by atoms with Gasteiger partial charge in [0, 0.05) is 37.1 Å². The van der Waals surface area contributed by atoms with Crippen molar-refractivity contribution in [2.45, 2.75) is 44.9 Å². The van der Waals surface area contributed by atoms with Crippen LogP contribution in [-0.4, -0.2) is 39.0 Å². The molecule has 0 aliphatic heterocycles. The van der Waals surface area contributed by atoms with Gasteiger partial charge in [0.1, 0.15) is 0 Å². The first-order valence-corrected chi connectivity index (χ1v) is 8.52. The fourth-order valence-electron chi connectivity index (χ4n) is 3.16. The second-order valence-corrected chi connectivity index (χ2v) is 6.51. The summed E-state index contributed by atoms with van der Waals surface area (Å²) in [5.41, 5.74) is 1.96. The van der Waals surface area contributed by atoms with Gasteiger partial charge in [-0.2, -0.15) is 5.10 Å². The summed E-state index contributed by atoms with van der Waals surface area (Å²) in [6.45, 7) is 2.51. The zero-order valence-corrected chi connectivity index (χ0v) is 14.6. The van der Waals surface area contributed by atoms with Gasteiger partial charge >= 0.3 is 0 Å². The van der Waals surface area contributed by atoms with Crippen molar-refractivity contribution in [2.75, 3.05) is 7.11 Å². The Morgan fingerprint density at radius 3 is 2.80 bits per heavy atom. The van der Waals surface area contributed by atoms with E-state index in [0.29, 0.717) is 31.7 Å². The van der Waals surface area contributed by atoms with Crippen molar-refractivity contribution in [1.82, 2.24) is 20.1 Å². The molecule has 0 aromatic carbocycles. The lowest BCUT2D eigenvalue weighted by Gasteiger charge is -2.38. The summed E-state index contributed by atoms with van der Waals surface area (Å²) in [5.74, 6) is 0.731. The van der Waals surface area contributed by atoms with Crippen molar-refractivity contribution < 1.29 is 14.6 Å². The maximum absolute atomic E-state index is 12.4. The third-order valence-electron chi connectivity index (χ3n) is 4.74. The Bertz CT molecular complexity index is 707. The van der Waals surface area contributed by atoms with Gasteiger partial charge in [-0.15, -0.1) is 0 Å². The van der Waals surface area contributed by atoms with Gasteiger partial charge in [0.2, 0.25) is 11.8 Å². The number of hydrogen-bond donors (Lipinski definition) is 2. The van der Waals surface area contributed by atoms with E-state index in [1.807, 2.05) is 23.7 Å². The van der Waals surface area contributed by atoms with E-state index >= 15 is 0 Å². The van der Waals surface area contributed by atoms with E-state index in [-0.39, 0.29) is 24.0 Å². The second-order valence-electron chi connectivity index (χ2n) is 6.51. The van der Waals surface area contributed by atoms with Crippen LogP contribution < -0.4 is 10.1 Å². The number of methoxy groups -OCH3 is 1. The molecule has 0 unspecified atom stereocenters. The Kier molecular flexibility index (Phi) is 5.33. The average Bonchev–Trinajstić information content (AvgIpc) is 3.00. The van der Waals surface area contributed by atoms with Crippen LogP contribution in [0.1, 0.15) is 36.6 Å². The van der Waals surface area contributed by atoms with Crippen LogP contribution in [0.25, 0.3) is 0 Å². The van der Waals surface area contributed by atoms with Gasteiger partial charge in [0.15, 0.2) is 0 Å². The molecule has 2 heterocycles. The largest absolute Gasteiger partial charge is 0.481 e. The summed E-state index contributed by atoms with van der Waals surface area (Å²) < 4.78 is 6.91. The molecular formula is C18H24N4O3. The molecule has 1 aliphatic rings. The zero-order chi connectivity index (χ0) is 17.8. The molecule has 1 amide bonds. The monoisotopic (exact) mass is 344 g/mol. The molecule has 7 nitrogen and oxygen atoms in total. The van der Waals surface area contributed by atoms with Crippen molar-refractivity contribution in [1.29, 1.82) is 0 Å². The topological polar surface area (TPSA) is 89.3 Å². The van der Waals surface area contributed by atoms with Crippen LogP contribution in [0.3, 0.4) is 0 Å². The summed E-state index contributed by atoms with van der Waals surface area (Å²) >= 11 is 0. The van der Waals surface area contributed by atoms with Crippen molar-refractivity contribution in [3.63, 3.8) is 0 Å². The number of aliphatic hydroxyl groups excluding tert-OH is 1. The van der Waals surface area contributed by atoms with E-state index in [1.165, 1.54) is 0 Å². The number of hydrogen-bond acceptors (Lipinski definition) is 5. The number of aromatic nitrogens is 3. The van der Waals surface area contributed by atoms with Crippen LogP contribution >= 0.6 is 0 Å². The third-order valence-corrected chi connectivity index (χ3v) is 4.74. The minimum atomic E-state index is -0.276. The van der Waals surface area contributed by atoms with Gasteiger partial charge in [-0.1, -0.05) is 6.07 Å². The SMILES string of the molecule is COc1ccc([C@H](NC(=O)CCn2nccc2C)C2CC(O)C2)cn1. The number of ether oxygens (including phenoxy) is 1. The lowest BCUT2D eigenvalue weighted by Crippen LogP contribution is -2.41. The average molecular weight is 344 g/mol. The number of rotatable bonds is 7. The van der Waals surface area contributed by atoms with Crippen molar-refractivity contribution >= 4 is 5.91 Å². The molecule has 0 bridgehead atoms. The predicted octanol–water partition coefficient (Wildman–Crippen LogP) is 1.61. The maximum Gasteiger partial charge on any atom is 0.222 e. The first-order chi connectivity index (χ1) is 12.1. The van der Waals surface area contributed by atoms with E-state index in [2.05, 4.69) is 15.4 Å². The standard InChI is InChI=1S/C18H24N4O3/c1-12-5-7-20-22(12)8-6-16(24)21-18(14-9-15(23)10-14)13-3-4-17(25-2)19-11-13/h3-5,7,11,14-15,18,23H,6,8-10H2,1-2H3,(H,21,24)/t14?,15?,18-/m0/s1. The summed E-state index contributed by atoms with van der Waals surface area (Å²) in [7, 11) is 1.57. The summed E-state index contributed by atoms with van der Waals surface area (Å²) in [6.07, 6.45) is 4.92. The number of aliphatic hydroxyl groups is 1. The first-order valence-electron chi connectivity index (χ1n) is 8.52. The molecule has 2 aromatic rings. The molecule has 25 heavy (non-hydrogen) atoms. The highest BCUT2D eigenvalue weighted by atomic mass is 16.5. The molecule has 1 saturated carbocycles. The van der Waals surface area contributed by atoms with Crippen LogP contribution in [0.5, 0.6) is 5.88 Å². The van der Waals surface area contributed by atoms with Crippen molar-refractivity contribution in [3.05, 3.63) is 41.9 Å². The molecule has 0 saturated heterocycles. The van der Waals surface area contributed by atoms with Crippen LogP contribution in [-0.2, 0) is 11.3 Å². The van der Waals surface area contributed by atoms with E-state index < -0.39 is 0 Å². The summed E-state index contributed by atoms with van der Waals surface area (Å²) in [6, 6.07) is 5.47. The predicted molar refractivity (Wildman–Crippen MR) is 92.0 cm³/mol. The molecule has 2 N–H and O–H groups in total. The highest BCUT2D eigenvalue weighted by molar-refractivity contribution is 5.76. The normalized spacial score (nSPS) is 20.6. The Morgan fingerprint density at radius 2 is 2.24 bits per heavy atom. The number of carbonyl (C=O) groups excluding carboxylic acids is 1. The van der Waals surface area contributed by atoms with E-state index in [1.54, 1.807) is 25.6 Å². The number of amides is 1. The zero-order valence-electron chi connectivity index (χ0n) is 14.6. The van der Waals surface area contributed by atoms with E-state index in [0.717, 1.165) is 11.3 Å². The smallest absolute Gasteiger partial charge is 0.222 e. The molecule has 134 valence electrons. The summed E-state index contributed by atoms with van der Waals surface area (Å²) in [4.78, 5) is 16.7. The Balaban J connectivity index is 1.64. The molecule has 1 atom stereocenters. The Hall–Kier alpha value is -2.41. The molecule has 0 radical (unpaired) electrons. The van der Waals surface area contributed by atoms with Crippen LogP contribution in [0, 0.1) is 12.8 Å². The molecule has 1 aliphatic carbocycles. The minimum absolute atomic E-state index is 0.0305. The molecular weight excluding hydrogens is 320 g/mol. The van der Waals surface area contributed by atoms with Crippen molar-refractivity contribution in [2.24, 2.45) is 5.92 Å². The van der Waals surface area contributed by atoms with E-state index in [9.17, 15) is 9.90 Å². The quantitative estimate of drug-likeness (QED) is 0.797. The molecule has 3 rings (SSSR count). The maximum atomic E-state index is 12.4. The van der Waals surface area contributed by atoms with Gasteiger partial charge in [-0.05, 0) is 37.3 Å². The van der Waals surface area contributed by atoms with Crippen LogP contribution in [0.4, 0.5) is 0 Å². The molecule has 7 heteroatoms. The second kappa shape index (κ2) is 7.65. The number of nitrogens with one attached hydrogen (secondary N) is 1. The first kappa shape index (κ1) is 17.4. The molecule has 0 spiro atoms. The highest BCUT2D eigenvalue weighted by Gasteiger charge is 2.35. The number of carbonyl (C=O) groups is 1.